The summed E-state index contributed by atoms with van der Waals surface area (Å²) >= 11 is 1.40. The lowest BCUT2D eigenvalue weighted by atomic mass is 10.1. The second-order valence-electron chi connectivity index (χ2n) is 8.92. The number of thioether (sulfide) groups is 1. The van der Waals surface area contributed by atoms with Gasteiger partial charge in [-0.1, -0.05) is 54.6 Å². The van der Waals surface area contributed by atoms with E-state index in [2.05, 4.69) is 16.0 Å². The SMILES string of the molecule is Cc1cccc(NC(=O)CSc2ccc(NC(=O)/C(=C/c3ccccc3C)NC(=O)c3ccccc3)cc2)c1. The molecule has 7 heteroatoms. The Bertz CT molecular complexity index is 1500. The first kappa shape index (κ1) is 27.4. The first-order valence-corrected chi connectivity index (χ1v) is 13.4. The predicted molar refractivity (Wildman–Crippen MR) is 159 cm³/mol. The van der Waals surface area contributed by atoms with E-state index in [0.29, 0.717) is 11.3 Å². The van der Waals surface area contributed by atoms with Crippen molar-refractivity contribution in [1.82, 2.24) is 5.32 Å². The van der Waals surface area contributed by atoms with Gasteiger partial charge in [-0.25, -0.2) is 0 Å². The third-order valence-corrected chi connectivity index (χ3v) is 6.81. The average Bonchev–Trinajstić information content (AvgIpc) is 2.94. The monoisotopic (exact) mass is 535 g/mol. The molecule has 3 amide bonds. The Hall–Kier alpha value is -4.62. The van der Waals surface area contributed by atoms with Gasteiger partial charge in [0.2, 0.25) is 5.91 Å². The van der Waals surface area contributed by atoms with Crippen LogP contribution in [0.5, 0.6) is 0 Å². The highest BCUT2D eigenvalue weighted by atomic mass is 32.2. The second kappa shape index (κ2) is 13.3. The molecule has 0 saturated carbocycles. The normalized spacial score (nSPS) is 11.0. The van der Waals surface area contributed by atoms with Crippen molar-refractivity contribution in [2.45, 2.75) is 18.7 Å². The summed E-state index contributed by atoms with van der Waals surface area (Å²) in [6.07, 6.45) is 1.67. The van der Waals surface area contributed by atoms with Gasteiger partial charge in [0.15, 0.2) is 0 Å². The Kier molecular flexibility index (Phi) is 9.32. The Labute approximate surface area is 232 Å². The van der Waals surface area contributed by atoms with Gasteiger partial charge >= 0.3 is 0 Å². The number of amides is 3. The van der Waals surface area contributed by atoms with Crippen LogP contribution >= 0.6 is 11.8 Å². The first-order valence-electron chi connectivity index (χ1n) is 12.4. The van der Waals surface area contributed by atoms with E-state index in [1.807, 2.05) is 80.6 Å². The van der Waals surface area contributed by atoms with Crippen molar-refractivity contribution in [2.24, 2.45) is 0 Å². The van der Waals surface area contributed by atoms with E-state index in [4.69, 9.17) is 0 Å². The number of carbonyl (C=O) groups excluding carboxylic acids is 3. The molecule has 0 aliphatic carbocycles. The van der Waals surface area contributed by atoms with Gasteiger partial charge in [-0.15, -0.1) is 11.8 Å². The summed E-state index contributed by atoms with van der Waals surface area (Å²) < 4.78 is 0. The van der Waals surface area contributed by atoms with E-state index in [1.54, 1.807) is 42.5 Å². The standard InChI is InChI=1S/C32H29N3O3S/c1-22-9-8-14-27(19-22)33-30(36)21-39-28-17-15-26(16-18-28)34-32(38)29(20-25-13-7-6-10-23(25)2)35-31(37)24-11-4-3-5-12-24/h3-20H,21H2,1-2H3,(H,33,36)(H,34,38)(H,35,37)/b29-20-. The minimum absolute atomic E-state index is 0.0943. The van der Waals surface area contributed by atoms with Crippen molar-refractivity contribution in [1.29, 1.82) is 0 Å². The summed E-state index contributed by atoms with van der Waals surface area (Å²) in [7, 11) is 0. The highest BCUT2D eigenvalue weighted by molar-refractivity contribution is 8.00. The minimum atomic E-state index is -0.444. The molecule has 0 atom stereocenters. The van der Waals surface area contributed by atoms with E-state index in [-0.39, 0.29) is 23.3 Å². The van der Waals surface area contributed by atoms with Gasteiger partial charge < -0.3 is 16.0 Å². The van der Waals surface area contributed by atoms with Crippen molar-refractivity contribution in [3.05, 3.63) is 131 Å². The molecule has 39 heavy (non-hydrogen) atoms. The lowest BCUT2D eigenvalue weighted by molar-refractivity contribution is -0.114. The maximum atomic E-state index is 13.2. The zero-order valence-electron chi connectivity index (χ0n) is 21.7. The van der Waals surface area contributed by atoms with Gasteiger partial charge in [0.05, 0.1) is 5.75 Å². The molecule has 0 spiro atoms. The van der Waals surface area contributed by atoms with Crippen molar-refractivity contribution in [2.75, 3.05) is 16.4 Å². The molecule has 0 radical (unpaired) electrons. The summed E-state index contributed by atoms with van der Waals surface area (Å²) in [5.41, 5.74) is 4.80. The smallest absolute Gasteiger partial charge is 0.272 e. The molecule has 196 valence electrons. The average molecular weight is 536 g/mol. The van der Waals surface area contributed by atoms with Gasteiger partial charge in [-0.05, 0) is 85.1 Å². The van der Waals surface area contributed by atoms with Crippen molar-refractivity contribution >= 4 is 46.9 Å². The van der Waals surface area contributed by atoms with Gasteiger partial charge in [0.1, 0.15) is 5.70 Å². The van der Waals surface area contributed by atoms with Crippen molar-refractivity contribution < 1.29 is 14.4 Å². The number of anilines is 2. The van der Waals surface area contributed by atoms with E-state index < -0.39 is 5.91 Å². The molecule has 0 saturated heterocycles. The number of aryl methyl sites for hydroxylation is 2. The Balaban J connectivity index is 1.41. The van der Waals surface area contributed by atoms with Crippen LogP contribution in [0, 0.1) is 13.8 Å². The molecule has 3 N–H and O–H groups in total. The summed E-state index contributed by atoms with van der Waals surface area (Å²) in [5.74, 6) is -0.654. The zero-order valence-corrected chi connectivity index (χ0v) is 22.5. The maximum absolute atomic E-state index is 13.2. The Morgan fingerprint density at radius 2 is 1.46 bits per heavy atom. The fourth-order valence-corrected chi connectivity index (χ4v) is 4.45. The van der Waals surface area contributed by atoms with Crippen LogP contribution in [0.2, 0.25) is 0 Å². The summed E-state index contributed by atoms with van der Waals surface area (Å²) in [5, 5.41) is 8.51. The van der Waals surface area contributed by atoms with Crippen LogP contribution in [0.4, 0.5) is 11.4 Å². The molecule has 0 bridgehead atoms. The predicted octanol–water partition coefficient (Wildman–Crippen LogP) is 6.44. The summed E-state index contributed by atoms with van der Waals surface area (Å²) in [6.45, 7) is 3.92. The zero-order chi connectivity index (χ0) is 27.6. The molecule has 0 unspecified atom stereocenters. The van der Waals surface area contributed by atoms with Crippen LogP contribution in [-0.2, 0) is 9.59 Å². The van der Waals surface area contributed by atoms with Gasteiger partial charge in [0, 0.05) is 21.8 Å². The number of rotatable bonds is 9. The quantitative estimate of drug-likeness (QED) is 0.170. The molecule has 6 nitrogen and oxygen atoms in total. The van der Waals surface area contributed by atoms with E-state index in [1.165, 1.54) is 11.8 Å². The topological polar surface area (TPSA) is 87.3 Å². The molecule has 0 aromatic heterocycles. The molecule has 4 aromatic carbocycles. The van der Waals surface area contributed by atoms with Crippen LogP contribution in [0.15, 0.2) is 114 Å². The molecule has 0 heterocycles. The molecular weight excluding hydrogens is 506 g/mol. The Morgan fingerprint density at radius 1 is 0.744 bits per heavy atom. The Morgan fingerprint density at radius 3 is 2.18 bits per heavy atom. The van der Waals surface area contributed by atoms with Crippen LogP contribution < -0.4 is 16.0 Å². The summed E-state index contributed by atoms with van der Waals surface area (Å²) in [4.78, 5) is 39.3. The van der Waals surface area contributed by atoms with E-state index in [0.717, 1.165) is 27.3 Å². The number of hydrogen-bond acceptors (Lipinski definition) is 4. The molecule has 0 aliphatic heterocycles. The van der Waals surface area contributed by atoms with Crippen LogP contribution in [0.3, 0.4) is 0 Å². The van der Waals surface area contributed by atoms with Crippen LogP contribution in [-0.4, -0.2) is 23.5 Å². The maximum Gasteiger partial charge on any atom is 0.272 e. The second-order valence-corrected chi connectivity index (χ2v) is 9.97. The van der Waals surface area contributed by atoms with Gasteiger partial charge in [-0.2, -0.15) is 0 Å². The lowest BCUT2D eigenvalue weighted by Gasteiger charge is -2.12. The lowest BCUT2D eigenvalue weighted by Crippen LogP contribution is -2.30. The van der Waals surface area contributed by atoms with E-state index in [9.17, 15) is 14.4 Å². The molecule has 0 aliphatic rings. The highest BCUT2D eigenvalue weighted by Gasteiger charge is 2.15. The van der Waals surface area contributed by atoms with E-state index >= 15 is 0 Å². The van der Waals surface area contributed by atoms with Crippen molar-refractivity contribution in [3.63, 3.8) is 0 Å². The molecular formula is C32H29N3O3S. The number of carbonyl (C=O) groups is 3. The highest BCUT2D eigenvalue weighted by Crippen LogP contribution is 2.22. The van der Waals surface area contributed by atoms with Crippen molar-refractivity contribution in [3.8, 4) is 0 Å². The van der Waals surface area contributed by atoms with Crippen LogP contribution in [0.25, 0.3) is 6.08 Å². The molecule has 0 fully saturated rings. The number of hydrogen-bond donors (Lipinski definition) is 3. The first-order chi connectivity index (χ1) is 18.9. The summed E-state index contributed by atoms with van der Waals surface area (Å²) in [6, 6.07) is 31.2. The minimum Gasteiger partial charge on any atom is -0.325 e. The molecule has 4 rings (SSSR count). The number of nitrogens with one attached hydrogen (secondary N) is 3. The fourth-order valence-electron chi connectivity index (χ4n) is 3.75. The fraction of sp³-hybridized carbons (Fsp3) is 0.0938. The third kappa shape index (κ3) is 8.18. The third-order valence-electron chi connectivity index (χ3n) is 5.80. The largest absolute Gasteiger partial charge is 0.325 e. The van der Waals surface area contributed by atoms with Gasteiger partial charge in [0.25, 0.3) is 11.8 Å². The molecule has 4 aromatic rings. The number of benzene rings is 4. The van der Waals surface area contributed by atoms with Crippen LogP contribution in [0.1, 0.15) is 27.0 Å². The van der Waals surface area contributed by atoms with Gasteiger partial charge in [-0.3, -0.25) is 14.4 Å².